The van der Waals surface area contributed by atoms with E-state index in [9.17, 15) is 0 Å². The van der Waals surface area contributed by atoms with E-state index in [-0.39, 0.29) is 0 Å². The topological polar surface area (TPSA) is 17.4 Å². The highest BCUT2D eigenvalue weighted by molar-refractivity contribution is 5.84. The van der Waals surface area contributed by atoms with Gasteiger partial charge in [-0.15, -0.1) is 0 Å². The standard InChI is InChI=1S/C24H30N2O/c1-2-21-19-26(24-9-5-4-8-23(21)24)18-20-10-12-22(13-11-20)27-17-16-25-14-6-3-7-15-25/h4-5,8-13,19H,2-3,6-7,14-18H2,1H3. The number of hydrogen-bond acceptors (Lipinski definition) is 2. The summed E-state index contributed by atoms with van der Waals surface area (Å²) in [5.74, 6) is 0.974. The predicted octanol–water partition coefficient (Wildman–Crippen LogP) is 5.12. The van der Waals surface area contributed by atoms with E-state index in [1.165, 1.54) is 54.4 Å². The fourth-order valence-corrected chi connectivity index (χ4v) is 4.10. The maximum atomic E-state index is 5.96. The fourth-order valence-electron chi connectivity index (χ4n) is 4.10. The van der Waals surface area contributed by atoms with E-state index in [0.717, 1.165) is 31.9 Å². The van der Waals surface area contributed by atoms with Gasteiger partial charge in [-0.05, 0) is 61.7 Å². The minimum Gasteiger partial charge on any atom is -0.492 e. The van der Waals surface area contributed by atoms with Gasteiger partial charge in [-0.2, -0.15) is 0 Å². The predicted molar refractivity (Wildman–Crippen MR) is 113 cm³/mol. The summed E-state index contributed by atoms with van der Waals surface area (Å²) >= 11 is 0. The SMILES string of the molecule is CCc1cn(Cc2ccc(OCCN3CCCCC3)cc2)c2ccccc12. The molecule has 1 aliphatic heterocycles. The number of aromatic nitrogens is 1. The Kier molecular flexibility index (Phi) is 5.78. The normalized spacial score (nSPS) is 15.3. The van der Waals surface area contributed by atoms with Crippen LogP contribution in [0.3, 0.4) is 0 Å². The summed E-state index contributed by atoms with van der Waals surface area (Å²) in [6.07, 6.45) is 7.42. The minimum absolute atomic E-state index is 0.779. The van der Waals surface area contributed by atoms with E-state index < -0.39 is 0 Å². The average Bonchev–Trinajstić information content (AvgIpc) is 3.08. The Labute approximate surface area is 162 Å². The number of ether oxygens (including phenoxy) is 1. The Morgan fingerprint density at radius 2 is 1.70 bits per heavy atom. The lowest BCUT2D eigenvalue weighted by molar-refractivity contribution is 0.183. The molecule has 1 aliphatic rings. The number of piperidine rings is 1. The van der Waals surface area contributed by atoms with Gasteiger partial charge in [0.2, 0.25) is 0 Å². The molecule has 3 aromatic rings. The van der Waals surface area contributed by atoms with Crippen molar-refractivity contribution < 1.29 is 4.74 Å². The lowest BCUT2D eigenvalue weighted by Crippen LogP contribution is -2.33. The van der Waals surface area contributed by atoms with Gasteiger partial charge in [0, 0.05) is 30.2 Å². The zero-order valence-corrected chi connectivity index (χ0v) is 16.4. The lowest BCUT2D eigenvalue weighted by Gasteiger charge is -2.26. The number of para-hydroxylation sites is 1. The molecule has 142 valence electrons. The summed E-state index contributed by atoms with van der Waals surface area (Å²) in [6, 6.07) is 17.3. The molecule has 0 aliphatic carbocycles. The van der Waals surface area contributed by atoms with Crippen molar-refractivity contribution in [1.82, 2.24) is 9.47 Å². The summed E-state index contributed by atoms with van der Waals surface area (Å²) < 4.78 is 8.32. The van der Waals surface area contributed by atoms with Crippen molar-refractivity contribution in [2.75, 3.05) is 26.2 Å². The van der Waals surface area contributed by atoms with Crippen LogP contribution in [0.2, 0.25) is 0 Å². The van der Waals surface area contributed by atoms with Crippen molar-refractivity contribution in [3.63, 3.8) is 0 Å². The van der Waals surface area contributed by atoms with Crippen molar-refractivity contribution in [3.05, 3.63) is 65.9 Å². The highest BCUT2D eigenvalue weighted by atomic mass is 16.5. The summed E-state index contributed by atoms with van der Waals surface area (Å²) in [6.45, 7) is 7.40. The van der Waals surface area contributed by atoms with Gasteiger partial charge in [-0.1, -0.05) is 43.7 Å². The molecule has 0 radical (unpaired) electrons. The summed E-state index contributed by atoms with van der Waals surface area (Å²) in [7, 11) is 0. The van der Waals surface area contributed by atoms with E-state index >= 15 is 0 Å². The average molecular weight is 363 g/mol. The molecule has 0 amide bonds. The van der Waals surface area contributed by atoms with Crippen LogP contribution in [0.15, 0.2) is 54.7 Å². The summed E-state index contributed by atoms with van der Waals surface area (Å²) in [5, 5.41) is 1.37. The third kappa shape index (κ3) is 4.36. The van der Waals surface area contributed by atoms with E-state index in [1.54, 1.807) is 0 Å². The minimum atomic E-state index is 0.779. The number of likely N-dealkylation sites (tertiary alicyclic amines) is 1. The number of rotatable bonds is 7. The van der Waals surface area contributed by atoms with Crippen molar-refractivity contribution in [3.8, 4) is 5.75 Å². The molecule has 4 rings (SSSR count). The maximum Gasteiger partial charge on any atom is 0.119 e. The Morgan fingerprint density at radius 3 is 2.48 bits per heavy atom. The number of aryl methyl sites for hydroxylation is 1. The third-order valence-corrected chi connectivity index (χ3v) is 5.65. The van der Waals surface area contributed by atoms with Gasteiger partial charge in [-0.25, -0.2) is 0 Å². The Hall–Kier alpha value is -2.26. The molecule has 1 aromatic heterocycles. The number of fused-ring (bicyclic) bond motifs is 1. The molecule has 0 N–H and O–H groups in total. The number of benzene rings is 2. The molecule has 3 heteroatoms. The van der Waals surface area contributed by atoms with Gasteiger partial charge in [0.25, 0.3) is 0 Å². The van der Waals surface area contributed by atoms with Crippen LogP contribution in [0, 0.1) is 0 Å². The number of nitrogens with zero attached hydrogens (tertiary/aromatic N) is 2. The molecule has 3 nitrogen and oxygen atoms in total. The molecule has 0 bridgehead atoms. The first kappa shape index (κ1) is 18.1. The zero-order chi connectivity index (χ0) is 18.5. The maximum absolute atomic E-state index is 5.96. The Morgan fingerprint density at radius 1 is 0.926 bits per heavy atom. The van der Waals surface area contributed by atoms with Crippen LogP contribution in [0.1, 0.15) is 37.3 Å². The van der Waals surface area contributed by atoms with Crippen molar-refractivity contribution in [1.29, 1.82) is 0 Å². The van der Waals surface area contributed by atoms with Crippen LogP contribution >= 0.6 is 0 Å². The summed E-state index contributed by atoms with van der Waals surface area (Å²) in [5.41, 5.74) is 4.04. The van der Waals surface area contributed by atoms with Crippen LogP contribution in [0.4, 0.5) is 0 Å². The quantitative estimate of drug-likeness (QED) is 0.581. The van der Waals surface area contributed by atoms with E-state index in [4.69, 9.17) is 4.74 Å². The molecular weight excluding hydrogens is 332 g/mol. The monoisotopic (exact) mass is 362 g/mol. The molecule has 0 unspecified atom stereocenters. The Bertz CT molecular complexity index is 860. The van der Waals surface area contributed by atoms with E-state index in [1.807, 2.05) is 0 Å². The van der Waals surface area contributed by atoms with Gasteiger partial charge in [0.15, 0.2) is 0 Å². The van der Waals surface area contributed by atoms with Crippen LogP contribution in [-0.4, -0.2) is 35.7 Å². The fraction of sp³-hybridized carbons (Fsp3) is 0.417. The molecule has 0 atom stereocenters. The van der Waals surface area contributed by atoms with Gasteiger partial charge >= 0.3 is 0 Å². The molecule has 2 aromatic carbocycles. The molecule has 0 saturated carbocycles. The lowest BCUT2D eigenvalue weighted by atomic mass is 10.1. The van der Waals surface area contributed by atoms with Gasteiger partial charge < -0.3 is 9.30 Å². The zero-order valence-electron chi connectivity index (χ0n) is 16.4. The van der Waals surface area contributed by atoms with E-state index in [0.29, 0.717) is 0 Å². The first-order chi connectivity index (χ1) is 13.3. The second-order valence-corrected chi connectivity index (χ2v) is 7.55. The van der Waals surface area contributed by atoms with Crippen LogP contribution < -0.4 is 4.74 Å². The van der Waals surface area contributed by atoms with Crippen molar-refractivity contribution in [2.45, 2.75) is 39.2 Å². The molecular formula is C24H30N2O. The van der Waals surface area contributed by atoms with Crippen LogP contribution in [0.5, 0.6) is 5.75 Å². The van der Waals surface area contributed by atoms with Gasteiger partial charge in [-0.3, -0.25) is 4.90 Å². The van der Waals surface area contributed by atoms with Crippen LogP contribution in [0.25, 0.3) is 10.9 Å². The third-order valence-electron chi connectivity index (χ3n) is 5.65. The molecule has 0 spiro atoms. The highest BCUT2D eigenvalue weighted by Crippen LogP contribution is 2.23. The summed E-state index contributed by atoms with van der Waals surface area (Å²) in [4.78, 5) is 2.51. The molecule has 1 saturated heterocycles. The Balaban J connectivity index is 1.36. The number of hydrogen-bond donors (Lipinski definition) is 0. The molecule has 2 heterocycles. The second-order valence-electron chi connectivity index (χ2n) is 7.55. The van der Waals surface area contributed by atoms with Crippen molar-refractivity contribution >= 4 is 10.9 Å². The largest absolute Gasteiger partial charge is 0.492 e. The van der Waals surface area contributed by atoms with Gasteiger partial charge in [0.05, 0.1) is 0 Å². The highest BCUT2D eigenvalue weighted by Gasteiger charge is 2.10. The molecule has 1 fully saturated rings. The first-order valence-corrected chi connectivity index (χ1v) is 10.3. The van der Waals surface area contributed by atoms with Crippen LogP contribution in [-0.2, 0) is 13.0 Å². The second kappa shape index (κ2) is 8.62. The smallest absolute Gasteiger partial charge is 0.119 e. The van der Waals surface area contributed by atoms with E-state index in [2.05, 4.69) is 71.1 Å². The van der Waals surface area contributed by atoms with Crippen molar-refractivity contribution in [2.24, 2.45) is 0 Å². The first-order valence-electron chi connectivity index (χ1n) is 10.3. The van der Waals surface area contributed by atoms with Gasteiger partial charge in [0.1, 0.15) is 12.4 Å². The molecule has 27 heavy (non-hydrogen) atoms.